The van der Waals surface area contributed by atoms with Gasteiger partial charge in [0.05, 0.1) is 17.2 Å². The number of ketones is 1. The van der Waals surface area contributed by atoms with E-state index in [1.807, 2.05) is 12.1 Å². The van der Waals surface area contributed by atoms with Crippen LogP contribution in [0.3, 0.4) is 0 Å². The lowest BCUT2D eigenvalue weighted by Crippen LogP contribution is -2.14. The van der Waals surface area contributed by atoms with Crippen LogP contribution in [0.15, 0.2) is 78.9 Å². The van der Waals surface area contributed by atoms with Gasteiger partial charge in [-0.05, 0) is 48.5 Å². The third-order valence-corrected chi connectivity index (χ3v) is 3.74. The van der Waals surface area contributed by atoms with Gasteiger partial charge in [-0.15, -0.1) is 0 Å². The molecule has 0 aromatic heterocycles. The Labute approximate surface area is 156 Å². The van der Waals surface area contributed by atoms with Gasteiger partial charge in [-0.25, -0.2) is 4.79 Å². The molecule has 27 heavy (non-hydrogen) atoms. The van der Waals surface area contributed by atoms with E-state index in [9.17, 15) is 9.59 Å². The molecule has 0 bridgehead atoms. The Bertz CT molecular complexity index is 972. The highest BCUT2D eigenvalue weighted by molar-refractivity contribution is 5.99. The predicted octanol–water partition coefficient (Wildman–Crippen LogP) is 4.39. The summed E-state index contributed by atoms with van der Waals surface area (Å²) in [5.41, 5.74) is 1.37. The number of benzene rings is 3. The molecule has 3 aromatic rings. The Morgan fingerprint density at radius 1 is 0.778 bits per heavy atom. The summed E-state index contributed by atoms with van der Waals surface area (Å²) in [5.74, 6) is 0.281. The van der Waals surface area contributed by atoms with Gasteiger partial charge in [0.15, 0.2) is 12.4 Å². The Kier molecular flexibility index (Phi) is 5.60. The van der Waals surface area contributed by atoms with E-state index in [-0.39, 0.29) is 12.4 Å². The van der Waals surface area contributed by atoms with Crippen LogP contribution in [0.4, 0.5) is 0 Å². The summed E-state index contributed by atoms with van der Waals surface area (Å²) in [4.78, 5) is 24.0. The second-order valence-corrected chi connectivity index (χ2v) is 5.63. The maximum absolute atomic E-state index is 12.1. The second-order valence-electron chi connectivity index (χ2n) is 5.63. The zero-order valence-electron chi connectivity index (χ0n) is 14.3. The Balaban J connectivity index is 1.57. The van der Waals surface area contributed by atoms with Crippen molar-refractivity contribution in [3.05, 3.63) is 95.6 Å². The molecular weight excluding hydrogens is 342 g/mol. The number of hydrogen-bond donors (Lipinski definition) is 0. The number of carbonyl (C=O) groups is 2. The van der Waals surface area contributed by atoms with Crippen LogP contribution in [0.2, 0.25) is 0 Å². The molecule has 0 aliphatic heterocycles. The van der Waals surface area contributed by atoms with Gasteiger partial charge in [-0.1, -0.05) is 30.3 Å². The van der Waals surface area contributed by atoms with Crippen molar-refractivity contribution in [2.45, 2.75) is 0 Å². The third kappa shape index (κ3) is 4.80. The molecule has 0 fully saturated rings. The maximum Gasteiger partial charge on any atom is 0.338 e. The van der Waals surface area contributed by atoms with E-state index in [1.165, 1.54) is 0 Å². The number of rotatable bonds is 6. The fourth-order valence-electron chi connectivity index (χ4n) is 2.31. The molecule has 0 spiro atoms. The molecule has 0 radical (unpaired) electrons. The number of ether oxygens (including phenoxy) is 2. The highest BCUT2D eigenvalue weighted by Crippen LogP contribution is 2.22. The number of Topliss-reactive ketones (excluding diaryl/α,β-unsaturated/α-hetero) is 1. The largest absolute Gasteiger partial charge is 0.457 e. The summed E-state index contributed by atoms with van der Waals surface area (Å²) >= 11 is 0. The summed E-state index contributed by atoms with van der Waals surface area (Å²) in [6.07, 6.45) is 0. The minimum atomic E-state index is -0.579. The lowest BCUT2D eigenvalue weighted by molar-refractivity contribution is 0.0474. The van der Waals surface area contributed by atoms with Crippen molar-refractivity contribution in [1.82, 2.24) is 0 Å². The van der Waals surface area contributed by atoms with Crippen LogP contribution < -0.4 is 4.74 Å². The highest BCUT2D eigenvalue weighted by atomic mass is 16.5. The van der Waals surface area contributed by atoms with Gasteiger partial charge in [0.1, 0.15) is 11.5 Å². The van der Waals surface area contributed by atoms with Gasteiger partial charge in [-0.3, -0.25) is 4.79 Å². The molecule has 0 aliphatic rings. The van der Waals surface area contributed by atoms with E-state index in [4.69, 9.17) is 14.7 Å². The average Bonchev–Trinajstić information content (AvgIpc) is 2.73. The molecule has 3 aromatic carbocycles. The van der Waals surface area contributed by atoms with Crippen LogP contribution in [0.1, 0.15) is 26.3 Å². The number of hydrogen-bond acceptors (Lipinski definition) is 5. The van der Waals surface area contributed by atoms with Gasteiger partial charge in [-0.2, -0.15) is 5.26 Å². The average molecular weight is 357 g/mol. The summed E-state index contributed by atoms with van der Waals surface area (Å²) in [6.45, 7) is -0.313. The first-order chi connectivity index (χ1) is 13.2. The van der Waals surface area contributed by atoms with Gasteiger partial charge in [0.25, 0.3) is 0 Å². The van der Waals surface area contributed by atoms with Crippen LogP contribution in [0, 0.1) is 11.3 Å². The molecule has 5 heteroatoms. The van der Waals surface area contributed by atoms with E-state index in [1.54, 1.807) is 72.8 Å². The summed E-state index contributed by atoms with van der Waals surface area (Å²) in [5, 5.41) is 8.79. The standard InChI is InChI=1S/C22H15NO4/c23-14-16-6-10-19(11-7-16)27-20-12-8-18(9-13-20)22(25)26-15-21(24)17-4-2-1-3-5-17/h1-13H,15H2. The van der Waals surface area contributed by atoms with Crippen LogP contribution in [0.25, 0.3) is 0 Å². The van der Waals surface area contributed by atoms with Crippen molar-refractivity contribution in [3.8, 4) is 17.6 Å². The fourth-order valence-corrected chi connectivity index (χ4v) is 2.31. The van der Waals surface area contributed by atoms with E-state index in [0.29, 0.717) is 28.2 Å². The van der Waals surface area contributed by atoms with Crippen molar-refractivity contribution >= 4 is 11.8 Å². The van der Waals surface area contributed by atoms with E-state index in [0.717, 1.165) is 0 Å². The fraction of sp³-hybridized carbons (Fsp3) is 0.0455. The molecule has 0 saturated heterocycles. The molecule has 0 amide bonds. The Morgan fingerprint density at radius 3 is 1.96 bits per heavy atom. The molecule has 132 valence electrons. The zero-order chi connectivity index (χ0) is 19.1. The first-order valence-corrected chi connectivity index (χ1v) is 8.19. The SMILES string of the molecule is N#Cc1ccc(Oc2ccc(C(=O)OCC(=O)c3ccccc3)cc2)cc1. The molecule has 0 N–H and O–H groups in total. The van der Waals surface area contributed by atoms with E-state index < -0.39 is 5.97 Å². The Hall–Kier alpha value is -3.91. The normalized spacial score (nSPS) is 9.89. The van der Waals surface area contributed by atoms with Gasteiger partial charge in [0, 0.05) is 5.56 Å². The van der Waals surface area contributed by atoms with Gasteiger partial charge >= 0.3 is 5.97 Å². The minimum absolute atomic E-state index is 0.260. The number of nitrogens with zero attached hydrogens (tertiary/aromatic N) is 1. The summed E-state index contributed by atoms with van der Waals surface area (Å²) in [7, 11) is 0. The lowest BCUT2D eigenvalue weighted by Gasteiger charge is -2.07. The zero-order valence-corrected chi connectivity index (χ0v) is 14.3. The monoisotopic (exact) mass is 357 g/mol. The summed E-state index contributed by atoms with van der Waals surface area (Å²) < 4.78 is 10.7. The quantitative estimate of drug-likeness (QED) is 0.483. The molecule has 5 nitrogen and oxygen atoms in total. The van der Waals surface area contributed by atoms with E-state index in [2.05, 4.69) is 0 Å². The smallest absolute Gasteiger partial charge is 0.338 e. The second kappa shape index (κ2) is 8.45. The Morgan fingerprint density at radius 2 is 1.37 bits per heavy atom. The van der Waals surface area contributed by atoms with Crippen LogP contribution in [-0.4, -0.2) is 18.4 Å². The first kappa shape index (κ1) is 17.9. The third-order valence-electron chi connectivity index (χ3n) is 3.74. The number of nitriles is 1. The minimum Gasteiger partial charge on any atom is -0.457 e. The number of esters is 1. The van der Waals surface area contributed by atoms with Crippen molar-refractivity contribution in [1.29, 1.82) is 5.26 Å². The number of carbonyl (C=O) groups excluding carboxylic acids is 2. The summed E-state index contributed by atoms with van der Waals surface area (Å²) in [6, 6.07) is 23.8. The first-order valence-electron chi connectivity index (χ1n) is 8.19. The molecule has 3 rings (SSSR count). The highest BCUT2D eigenvalue weighted by Gasteiger charge is 2.12. The lowest BCUT2D eigenvalue weighted by atomic mass is 10.1. The van der Waals surface area contributed by atoms with Crippen molar-refractivity contribution in [2.24, 2.45) is 0 Å². The van der Waals surface area contributed by atoms with E-state index >= 15 is 0 Å². The molecule has 0 atom stereocenters. The molecule has 0 unspecified atom stereocenters. The molecule has 0 saturated carbocycles. The molecule has 0 aliphatic carbocycles. The van der Waals surface area contributed by atoms with Crippen LogP contribution in [0.5, 0.6) is 11.5 Å². The maximum atomic E-state index is 12.1. The van der Waals surface area contributed by atoms with Crippen LogP contribution >= 0.6 is 0 Å². The van der Waals surface area contributed by atoms with Gasteiger partial charge in [0.2, 0.25) is 0 Å². The molecule has 0 heterocycles. The van der Waals surface area contributed by atoms with Crippen molar-refractivity contribution in [2.75, 3.05) is 6.61 Å². The van der Waals surface area contributed by atoms with Crippen LogP contribution in [-0.2, 0) is 4.74 Å². The predicted molar refractivity (Wildman–Crippen MR) is 98.7 cm³/mol. The van der Waals surface area contributed by atoms with Gasteiger partial charge < -0.3 is 9.47 Å². The molecular formula is C22H15NO4. The van der Waals surface area contributed by atoms with Crippen molar-refractivity contribution in [3.63, 3.8) is 0 Å². The van der Waals surface area contributed by atoms with Crippen molar-refractivity contribution < 1.29 is 19.1 Å². The topological polar surface area (TPSA) is 76.4 Å².